The molecule has 0 aliphatic carbocycles. The number of rotatable bonds is 5. The number of ether oxygens (including phenoxy) is 1. The van der Waals surface area contributed by atoms with E-state index in [1.165, 1.54) is 0 Å². The second-order valence-corrected chi connectivity index (χ2v) is 3.69. The highest BCUT2D eigenvalue weighted by atomic mass is 35.5. The first-order valence-electron chi connectivity index (χ1n) is 3.50. The molecule has 0 unspecified atom stereocenters. The van der Waals surface area contributed by atoms with E-state index in [1.807, 2.05) is 0 Å². The minimum atomic E-state index is 0.594. The molecule has 0 fully saturated rings. The molecule has 2 nitrogen and oxygen atoms in total. The summed E-state index contributed by atoms with van der Waals surface area (Å²) in [5.41, 5.74) is 0. The Morgan fingerprint density at radius 1 is 1.20 bits per heavy atom. The van der Waals surface area contributed by atoms with Crippen LogP contribution in [0, 0.1) is 0 Å². The SMILES string of the molecule is C[N+](C)(C)CCOCCCl. The van der Waals surface area contributed by atoms with E-state index < -0.39 is 0 Å². The molecule has 0 spiro atoms. The van der Waals surface area contributed by atoms with Crippen LogP contribution in [-0.2, 0) is 4.74 Å². The summed E-state index contributed by atoms with van der Waals surface area (Å²) in [7, 11) is 6.43. The molecule has 0 rings (SSSR count). The summed E-state index contributed by atoms with van der Waals surface area (Å²) in [6, 6.07) is 0. The predicted octanol–water partition coefficient (Wildman–Crippen LogP) is 0.948. The Hall–Kier alpha value is 0.210. The van der Waals surface area contributed by atoms with Gasteiger partial charge in [0.1, 0.15) is 6.54 Å². The molecule has 0 saturated heterocycles. The first-order valence-corrected chi connectivity index (χ1v) is 4.04. The van der Waals surface area contributed by atoms with Gasteiger partial charge in [0.15, 0.2) is 0 Å². The summed E-state index contributed by atoms with van der Waals surface area (Å²) in [6.07, 6.45) is 0. The Labute approximate surface area is 68.3 Å². The number of likely N-dealkylation sites (N-methyl/N-ethyl adjacent to an activating group) is 1. The van der Waals surface area contributed by atoms with Gasteiger partial charge >= 0.3 is 0 Å². The Bertz CT molecular complexity index is 80.2. The van der Waals surface area contributed by atoms with E-state index in [0.717, 1.165) is 17.6 Å². The van der Waals surface area contributed by atoms with Gasteiger partial charge in [-0.15, -0.1) is 11.6 Å². The Morgan fingerprint density at radius 3 is 2.20 bits per heavy atom. The third-order valence-electron chi connectivity index (χ3n) is 1.13. The van der Waals surface area contributed by atoms with Gasteiger partial charge in [-0.3, -0.25) is 0 Å². The maximum atomic E-state index is 5.42. The van der Waals surface area contributed by atoms with E-state index in [4.69, 9.17) is 16.3 Å². The molecule has 0 aromatic rings. The lowest BCUT2D eigenvalue weighted by atomic mass is 10.5. The largest absolute Gasteiger partial charge is 0.374 e. The van der Waals surface area contributed by atoms with E-state index >= 15 is 0 Å². The fraction of sp³-hybridized carbons (Fsp3) is 1.00. The summed E-state index contributed by atoms with van der Waals surface area (Å²) in [5, 5.41) is 0. The molecule has 62 valence electrons. The third-order valence-corrected chi connectivity index (χ3v) is 1.28. The molecule has 0 saturated carbocycles. The molecule has 0 aliphatic rings. The molecule has 0 heterocycles. The molecule has 0 bridgehead atoms. The molecule has 0 aromatic carbocycles. The van der Waals surface area contributed by atoms with Crippen molar-refractivity contribution >= 4 is 11.6 Å². The van der Waals surface area contributed by atoms with Crippen LogP contribution in [0.25, 0.3) is 0 Å². The molecule has 0 aliphatic heterocycles. The second-order valence-electron chi connectivity index (χ2n) is 3.32. The van der Waals surface area contributed by atoms with E-state index in [2.05, 4.69) is 21.1 Å². The van der Waals surface area contributed by atoms with Crippen molar-refractivity contribution < 1.29 is 9.22 Å². The summed E-state index contributed by atoms with van der Waals surface area (Å²) >= 11 is 5.42. The fourth-order valence-electron chi connectivity index (χ4n) is 0.495. The maximum absolute atomic E-state index is 5.42. The van der Waals surface area contributed by atoms with Gasteiger partial charge in [-0.1, -0.05) is 0 Å². The van der Waals surface area contributed by atoms with E-state index in [9.17, 15) is 0 Å². The fourth-order valence-corrected chi connectivity index (χ4v) is 0.604. The molecule has 0 aromatic heterocycles. The van der Waals surface area contributed by atoms with Gasteiger partial charge in [-0.05, 0) is 0 Å². The van der Waals surface area contributed by atoms with Crippen LogP contribution < -0.4 is 0 Å². The lowest BCUT2D eigenvalue weighted by Crippen LogP contribution is -2.37. The van der Waals surface area contributed by atoms with E-state index in [0.29, 0.717) is 12.5 Å². The van der Waals surface area contributed by atoms with Crippen LogP contribution in [-0.4, -0.2) is 51.3 Å². The number of quaternary nitrogens is 1. The van der Waals surface area contributed by atoms with Gasteiger partial charge in [-0.25, -0.2) is 0 Å². The van der Waals surface area contributed by atoms with Crippen LogP contribution in [0.5, 0.6) is 0 Å². The van der Waals surface area contributed by atoms with Gasteiger partial charge in [0.2, 0.25) is 0 Å². The molecule has 10 heavy (non-hydrogen) atoms. The second kappa shape index (κ2) is 4.94. The lowest BCUT2D eigenvalue weighted by Gasteiger charge is -2.23. The molecule has 0 radical (unpaired) electrons. The number of hydrogen-bond donors (Lipinski definition) is 0. The van der Waals surface area contributed by atoms with Gasteiger partial charge < -0.3 is 9.22 Å². The molecule has 0 atom stereocenters. The van der Waals surface area contributed by atoms with Crippen LogP contribution >= 0.6 is 11.6 Å². The Balaban J connectivity index is 3.04. The number of hydrogen-bond acceptors (Lipinski definition) is 1. The summed E-state index contributed by atoms with van der Waals surface area (Å²) in [5.74, 6) is 0.594. The lowest BCUT2D eigenvalue weighted by molar-refractivity contribution is -0.870. The van der Waals surface area contributed by atoms with Crippen molar-refractivity contribution in [2.75, 3.05) is 46.8 Å². The molecular formula is C7H17ClNO+. The van der Waals surface area contributed by atoms with E-state index in [-0.39, 0.29) is 0 Å². The quantitative estimate of drug-likeness (QED) is 0.336. The van der Waals surface area contributed by atoms with Crippen molar-refractivity contribution in [3.05, 3.63) is 0 Å². The van der Waals surface area contributed by atoms with Crippen molar-refractivity contribution in [3.8, 4) is 0 Å². The summed E-state index contributed by atoms with van der Waals surface area (Å²) < 4.78 is 6.16. The minimum absolute atomic E-state index is 0.594. The monoisotopic (exact) mass is 166 g/mol. The van der Waals surface area contributed by atoms with Crippen molar-refractivity contribution in [1.82, 2.24) is 0 Å². The smallest absolute Gasteiger partial charge is 0.102 e. The zero-order chi connectivity index (χ0) is 8.04. The van der Waals surface area contributed by atoms with Gasteiger partial charge in [-0.2, -0.15) is 0 Å². The Morgan fingerprint density at radius 2 is 1.80 bits per heavy atom. The maximum Gasteiger partial charge on any atom is 0.102 e. The van der Waals surface area contributed by atoms with Crippen LogP contribution in [0.1, 0.15) is 0 Å². The first kappa shape index (κ1) is 10.2. The van der Waals surface area contributed by atoms with Gasteiger partial charge in [0.25, 0.3) is 0 Å². The molecule has 0 amide bonds. The minimum Gasteiger partial charge on any atom is -0.374 e. The normalized spacial score (nSPS) is 12.0. The van der Waals surface area contributed by atoms with E-state index in [1.54, 1.807) is 0 Å². The van der Waals surface area contributed by atoms with Crippen LogP contribution in [0.3, 0.4) is 0 Å². The van der Waals surface area contributed by atoms with Gasteiger partial charge in [0.05, 0.1) is 34.4 Å². The van der Waals surface area contributed by atoms with Crippen molar-refractivity contribution in [3.63, 3.8) is 0 Å². The average Bonchev–Trinajstić information content (AvgIpc) is 1.78. The highest BCUT2D eigenvalue weighted by molar-refractivity contribution is 6.17. The van der Waals surface area contributed by atoms with Crippen LogP contribution in [0.2, 0.25) is 0 Å². The molecule has 0 N–H and O–H groups in total. The number of halogens is 1. The highest BCUT2D eigenvalue weighted by Gasteiger charge is 2.04. The average molecular weight is 167 g/mol. The summed E-state index contributed by atoms with van der Waals surface area (Å²) in [6.45, 7) is 2.51. The number of alkyl halides is 1. The highest BCUT2D eigenvalue weighted by Crippen LogP contribution is 1.89. The predicted molar refractivity (Wildman–Crippen MR) is 44.4 cm³/mol. The molecule has 3 heteroatoms. The van der Waals surface area contributed by atoms with Crippen LogP contribution in [0.4, 0.5) is 0 Å². The molecular weight excluding hydrogens is 150 g/mol. The zero-order valence-corrected chi connectivity index (χ0v) is 7.82. The summed E-state index contributed by atoms with van der Waals surface area (Å²) in [4.78, 5) is 0. The van der Waals surface area contributed by atoms with Crippen molar-refractivity contribution in [1.29, 1.82) is 0 Å². The number of nitrogens with zero attached hydrogens (tertiary/aromatic N) is 1. The van der Waals surface area contributed by atoms with Gasteiger partial charge in [0, 0.05) is 5.88 Å². The van der Waals surface area contributed by atoms with Crippen molar-refractivity contribution in [2.45, 2.75) is 0 Å². The zero-order valence-electron chi connectivity index (χ0n) is 7.06. The standard InChI is InChI=1S/C7H17ClNO/c1-9(2,3)5-7-10-6-4-8/h4-7H2,1-3H3/q+1. The van der Waals surface area contributed by atoms with Crippen molar-refractivity contribution in [2.24, 2.45) is 0 Å². The third kappa shape index (κ3) is 8.21. The Kier molecular flexibility index (Phi) is 5.04. The first-order chi connectivity index (χ1) is 4.56. The topological polar surface area (TPSA) is 9.23 Å². The van der Waals surface area contributed by atoms with Crippen LogP contribution in [0.15, 0.2) is 0 Å².